The Morgan fingerprint density at radius 1 is 1.19 bits per heavy atom. The largest absolute Gasteiger partial charge is 0.490 e. The van der Waals surface area contributed by atoms with E-state index in [4.69, 9.17) is 19.6 Å². The fraction of sp³-hybridized carbons (Fsp3) is 0.452. The first kappa shape index (κ1) is 28.2. The van der Waals surface area contributed by atoms with Gasteiger partial charge in [0.15, 0.2) is 0 Å². The Kier molecular flexibility index (Phi) is 7.30. The molecule has 2 aliphatic heterocycles. The Bertz CT molecular complexity index is 1690. The number of carbonyl (C=O) groups is 1. The molecule has 9 nitrogen and oxygen atoms in total. The van der Waals surface area contributed by atoms with Gasteiger partial charge in [0.1, 0.15) is 41.2 Å². The Hall–Kier alpha value is -3.61. The van der Waals surface area contributed by atoms with Gasteiger partial charge < -0.3 is 25.0 Å². The smallest absolute Gasteiger partial charge is 0.216 e. The minimum atomic E-state index is -0.722. The van der Waals surface area contributed by atoms with Crippen LogP contribution in [-0.4, -0.2) is 67.2 Å². The first-order chi connectivity index (χ1) is 20.8. The minimum Gasteiger partial charge on any atom is -0.490 e. The van der Waals surface area contributed by atoms with Crippen molar-refractivity contribution in [3.05, 3.63) is 47.0 Å². The number of amides is 1. The molecule has 3 unspecified atom stereocenters. The van der Waals surface area contributed by atoms with Gasteiger partial charge in [0.05, 0.1) is 24.4 Å². The molecule has 3 aliphatic rings. The van der Waals surface area contributed by atoms with Gasteiger partial charge in [-0.3, -0.25) is 9.48 Å². The molecule has 1 saturated carbocycles. The summed E-state index contributed by atoms with van der Waals surface area (Å²) >= 11 is 1.50. The number of nitrogens with zero attached hydrogens (tertiary/aromatic N) is 4. The number of nitrogens with one attached hydrogen (secondary N) is 2. The molecule has 3 atom stereocenters. The van der Waals surface area contributed by atoms with Gasteiger partial charge in [-0.15, -0.1) is 11.3 Å². The number of hydrogen-bond acceptors (Lipinski definition) is 8. The summed E-state index contributed by atoms with van der Waals surface area (Å²) in [6.45, 7) is 7.93. The number of pyridine rings is 1. The van der Waals surface area contributed by atoms with Gasteiger partial charge in [0.25, 0.3) is 0 Å². The molecule has 43 heavy (non-hydrogen) atoms. The summed E-state index contributed by atoms with van der Waals surface area (Å²) in [5.74, 6) is 0.954. The molecule has 0 bridgehead atoms. The van der Waals surface area contributed by atoms with E-state index in [1.54, 1.807) is 14.0 Å². The van der Waals surface area contributed by atoms with Crippen molar-refractivity contribution in [3.63, 3.8) is 0 Å². The van der Waals surface area contributed by atoms with E-state index in [0.29, 0.717) is 47.8 Å². The van der Waals surface area contributed by atoms with Crippen LogP contribution in [0.5, 0.6) is 5.75 Å². The van der Waals surface area contributed by atoms with Crippen LogP contribution in [0.1, 0.15) is 25.6 Å². The molecular formula is C31H34F2N6O3S. The summed E-state index contributed by atoms with van der Waals surface area (Å²) in [5, 5.41) is 14.3. The van der Waals surface area contributed by atoms with E-state index in [9.17, 15) is 9.18 Å². The summed E-state index contributed by atoms with van der Waals surface area (Å²) in [5.41, 5.74) is 2.91. The van der Waals surface area contributed by atoms with Crippen molar-refractivity contribution < 1.29 is 23.0 Å². The maximum Gasteiger partial charge on any atom is 0.216 e. The molecule has 4 aromatic rings. The summed E-state index contributed by atoms with van der Waals surface area (Å²) < 4.78 is 44.3. The zero-order valence-electron chi connectivity index (χ0n) is 24.3. The standard InChI is InChI=1S/C31H34F2N6O3S/c1-16-25-12-24(37-39(25)6-5-34-16)29-28(27-23(33)10-18(32)11-26(27)42-8-7-41-3)30-19(4-9-43-30)31(36-29)38-14-21-20(22(21)15-38)13-35-17(2)40/h4,9-12,16,20-22,34H,5-8,13-15H2,1-3H3,(H,35,40). The number of carbonyl (C=O) groups excluding carboxylic acids is 1. The molecule has 1 aromatic carbocycles. The van der Waals surface area contributed by atoms with Gasteiger partial charge >= 0.3 is 0 Å². The van der Waals surface area contributed by atoms with Crippen LogP contribution in [0.4, 0.5) is 14.6 Å². The molecular weight excluding hydrogens is 574 g/mol. The van der Waals surface area contributed by atoms with E-state index in [0.717, 1.165) is 47.3 Å². The minimum absolute atomic E-state index is 0.00501. The highest BCUT2D eigenvalue weighted by molar-refractivity contribution is 7.18. The van der Waals surface area contributed by atoms with Gasteiger partial charge in [-0.1, -0.05) is 0 Å². The van der Waals surface area contributed by atoms with Gasteiger partial charge in [0.2, 0.25) is 5.91 Å². The number of ether oxygens (including phenoxy) is 2. The lowest BCUT2D eigenvalue weighted by molar-refractivity contribution is -0.119. The van der Waals surface area contributed by atoms with Crippen molar-refractivity contribution in [3.8, 4) is 28.3 Å². The highest BCUT2D eigenvalue weighted by atomic mass is 32.1. The van der Waals surface area contributed by atoms with Crippen molar-refractivity contribution >= 4 is 33.1 Å². The summed E-state index contributed by atoms with van der Waals surface area (Å²) in [6, 6.07) is 6.25. The van der Waals surface area contributed by atoms with E-state index < -0.39 is 11.6 Å². The molecule has 3 aromatic heterocycles. The van der Waals surface area contributed by atoms with Crippen molar-refractivity contribution in [2.75, 3.05) is 51.4 Å². The number of thiophene rings is 1. The first-order valence-corrected chi connectivity index (χ1v) is 15.5. The number of halogens is 2. The normalized spacial score (nSPS) is 22.5. The second-order valence-electron chi connectivity index (χ2n) is 11.6. The Balaban J connectivity index is 1.37. The maximum absolute atomic E-state index is 15.9. The Morgan fingerprint density at radius 3 is 2.74 bits per heavy atom. The number of aromatic nitrogens is 3. The third kappa shape index (κ3) is 5.04. The predicted octanol–water partition coefficient (Wildman–Crippen LogP) is 4.61. The van der Waals surface area contributed by atoms with Crippen LogP contribution < -0.4 is 20.3 Å². The quantitative estimate of drug-likeness (QED) is 0.268. The molecule has 2 N–H and O–H groups in total. The Morgan fingerprint density at radius 2 is 2.00 bits per heavy atom. The van der Waals surface area contributed by atoms with Crippen LogP contribution in [-0.2, 0) is 16.1 Å². The molecule has 2 fully saturated rings. The monoisotopic (exact) mass is 608 g/mol. The van der Waals surface area contributed by atoms with Gasteiger partial charge in [-0.25, -0.2) is 13.8 Å². The van der Waals surface area contributed by atoms with Crippen molar-refractivity contribution in [1.29, 1.82) is 0 Å². The number of benzene rings is 1. The first-order valence-electron chi connectivity index (χ1n) is 14.7. The molecule has 1 aliphatic carbocycles. The average molecular weight is 609 g/mol. The number of hydrogen-bond donors (Lipinski definition) is 2. The molecule has 1 amide bonds. The second-order valence-corrected chi connectivity index (χ2v) is 12.5. The molecule has 1 saturated heterocycles. The zero-order chi connectivity index (χ0) is 29.8. The summed E-state index contributed by atoms with van der Waals surface area (Å²) in [4.78, 5) is 19.0. The zero-order valence-corrected chi connectivity index (χ0v) is 25.1. The Labute approximate surface area is 252 Å². The molecule has 5 heterocycles. The fourth-order valence-electron chi connectivity index (χ4n) is 6.76. The van der Waals surface area contributed by atoms with Crippen LogP contribution in [0, 0.1) is 29.4 Å². The third-order valence-electron chi connectivity index (χ3n) is 8.93. The number of rotatable bonds is 9. The summed E-state index contributed by atoms with van der Waals surface area (Å²) in [6.07, 6.45) is 0. The molecule has 0 radical (unpaired) electrons. The maximum atomic E-state index is 15.9. The van der Waals surface area contributed by atoms with E-state index in [-0.39, 0.29) is 36.5 Å². The highest BCUT2D eigenvalue weighted by Gasteiger charge is 2.55. The van der Waals surface area contributed by atoms with Crippen LogP contribution in [0.25, 0.3) is 32.6 Å². The van der Waals surface area contributed by atoms with Gasteiger partial charge in [0, 0.05) is 74.0 Å². The van der Waals surface area contributed by atoms with Crippen molar-refractivity contribution in [2.45, 2.75) is 26.4 Å². The van der Waals surface area contributed by atoms with E-state index in [1.807, 2.05) is 22.2 Å². The van der Waals surface area contributed by atoms with E-state index in [1.165, 1.54) is 17.4 Å². The molecule has 12 heteroatoms. The number of methoxy groups -OCH3 is 1. The highest BCUT2D eigenvalue weighted by Crippen LogP contribution is 2.54. The van der Waals surface area contributed by atoms with Gasteiger partial charge in [-0.05, 0) is 42.2 Å². The van der Waals surface area contributed by atoms with E-state index in [2.05, 4.69) is 22.5 Å². The van der Waals surface area contributed by atoms with Crippen LogP contribution in [0.15, 0.2) is 29.6 Å². The number of fused-ring (bicyclic) bond motifs is 3. The number of piperidine rings is 1. The predicted molar refractivity (Wildman–Crippen MR) is 161 cm³/mol. The van der Waals surface area contributed by atoms with Gasteiger partial charge in [-0.2, -0.15) is 5.10 Å². The topological polar surface area (TPSA) is 93.5 Å². The summed E-state index contributed by atoms with van der Waals surface area (Å²) in [7, 11) is 1.55. The van der Waals surface area contributed by atoms with Crippen molar-refractivity contribution in [2.24, 2.45) is 17.8 Å². The van der Waals surface area contributed by atoms with Crippen LogP contribution >= 0.6 is 11.3 Å². The van der Waals surface area contributed by atoms with Crippen LogP contribution in [0.3, 0.4) is 0 Å². The SMILES string of the molecule is COCCOc1cc(F)cc(F)c1-c1c(-c2cc3n(n2)CCNC3C)nc(N2CC3C(CNC(C)=O)C3C2)c2ccsc12. The lowest BCUT2D eigenvalue weighted by Gasteiger charge is -2.24. The molecule has 7 rings (SSSR count). The van der Waals surface area contributed by atoms with Crippen LogP contribution in [0.2, 0.25) is 0 Å². The fourth-order valence-corrected chi connectivity index (χ4v) is 7.70. The average Bonchev–Trinajstić information content (AvgIpc) is 3.45. The lowest BCUT2D eigenvalue weighted by atomic mass is 9.98. The number of anilines is 1. The molecule has 0 spiro atoms. The molecule has 226 valence electrons. The van der Waals surface area contributed by atoms with E-state index >= 15 is 4.39 Å². The van der Waals surface area contributed by atoms with Crippen molar-refractivity contribution in [1.82, 2.24) is 25.4 Å². The lowest BCUT2D eigenvalue weighted by Crippen LogP contribution is -2.31. The second kappa shape index (κ2) is 11.1. The third-order valence-corrected chi connectivity index (χ3v) is 9.86.